The van der Waals surface area contributed by atoms with Gasteiger partial charge in [0.25, 0.3) is 5.91 Å². The molecule has 0 spiro atoms. The minimum atomic E-state index is -0.723. The molecule has 2 heterocycles. The first-order valence-electron chi connectivity index (χ1n) is 10.2. The SMILES string of the molecule is CCOC(=O)COC(=O)N1CC[C@@H](n2cc(C(N)=O)c(Nc3ccc(F)cc3)n2)[C@@H](C#N)C1. The zero-order valence-electron chi connectivity index (χ0n) is 17.9. The van der Waals surface area contributed by atoms with E-state index in [-0.39, 0.29) is 31.1 Å². The van der Waals surface area contributed by atoms with Crippen LogP contribution in [0, 0.1) is 23.1 Å². The van der Waals surface area contributed by atoms with Crippen molar-refractivity contribution >= 4 is 29.5 Å². The largest absolute Gasteiger partial charge is 0.463 e. The van der Waals surface area contributed by atoms with Gasteiger partial charge in [-0.2, -0.15) is 10.4 Å². The first-order chi connectivity index (χ1) is 15.8. The number of halogens is 1. The van der Waals surface area contributed by atoms with Crippen molar-refractivity contribution in [1.29, 1.82) is 5.26 Å². The highest BCUT2D eigenvalue weighted by atomic mass is 19.1. The number of nitrogens with one attached hydrogen (secondary N) is 1. The van der Waals surface area contributed by atoms with Gasteiger partial charge in [0, 0.05) is 25.0 Å². The molecule has 1 aromatic carbocycles. The van der Waals surface area contributed by atoms with Gasteiger partial charge in [-0.25, -0.2) is 14.0 Å². The fourth-order valence-corrected chi connectivity index (χ4v) is 3.47. The molecule has 1 aromatic heterocycles. The second kappa shape index (κ2) is 10.4. The maximum Gasteiger partial charge on any atom is 0.410 e. The van der Waals surface area contributed by atoms with Crippen molar-refractivity contribution < 1.29 is 28.2 Å². The van der Waals surface area contributed by atoms with Crippen LogP contribution in [-0.2, 0) is 14.3 Å². The van der Waals surface area contributed by atoms with Crippen molar-refractivity contribution in [3.8, 4) is 6.07 Å². The average molecular weight is 458 g/mol. The van der Waals surface area contributed by atoms with Crippen LogP contribution in [0.3, 0.4) is 0 Å². The molecular weight excluding hydrogens is 435 g/mol. The predicted molar refractivity (Wildman–Crippen MR) is 113 cm³/mol. The summed E-state index contributed by atoms with van der Waals surface area (Å²) in [7, 11) is 0. The summed E-state index contributed by atoms with van der Waals surface area (Å²) in [5.41, 5.74) is 6.08. The number of rotatable bonds is 7. The molecule has 0 radical (unpaired) electrons. The van der Waals surface area contributed by atoms with Crippen molar-refractivity contribution in [3.63, 3.8) is 0 Å². The van der Waals surface area contributed by atoms with Gasteiger partial charge >= 0.3 is 12.1 Å². The molecule has 12 heteroatoms. The van der Waals surface area contributed by atoms with Crippen LogP contribution in [0.2, 0.25) is 0 Å². The third kappa shape index (κ3) is 5.76. The number of likely N-dealkylation sites (tertiary alicyclic amines) is 1. The molecule has 3 N–H and O–H groups in total. The zero-order valence-corrected chi connectivity index (χ0v) is 17.9. The number of carbonyl (C=O) groups is 3. The van der Waals surface area contributed by atoms with E-state index in [9.17, 15) is 24.0 Å². The Morgan fingerprint density at radius 3 is 2.67 bits per heavy atom. The van der Waals surface area contributed by atoms with E-state index in [1.54, 1.807) is 6.92 Å². The lowest BCUT2D eigenvalue weighted by Crippen LogP contribution is -2.44. The van der Waals surface area contributed by atoms with Crippen molar-refractivity contribution in [1.82, 2.24) is 14.7 Å². The highest BCUT2D eigenvalue weighted by Gasteiger charge is 2.35. The topological polar surface area (TPSA) is 153 Å². The number of hydrogen-bond acceptors (Lipinski definition) is 8. The van der Waals surface area contributed by atoms with Crippen LogP contribution in [0.5, 0.6) is 0 Å². The molecule has 33 heavy (non-hydrogen) atoms. The Hall–Kier alpha value is -4.14. The summed E-state index contributed by atoms with van der Waals surface area (Å²) >= 11 is 0. The maximum absolute atomic E-state index is 13.2. The van der Waals surface area contributed by atoms with Gasteiger partial charge in [-0.15, -0.1) is 0 Å². The molecule has 2 amide bonds. The number of nitrogens with zero attached hydrogens (tertiary/aromatic N) is 4. The van der Waals surface area contributed by atoms with Gasteiger partial charge in [-0.3, -0.25) is 9.48 Å². The maximum atomic E-state index is 13.2. The van der Waals surface area contributed by atoms with Crippen LogP contribution in [0.1, 0.15) is 29.7 Å². The van der Waals surface area contributed by atoms with E-state index in [4.69, 9.17) is 15.2 Å². The average Bonchev–Trinajstić information content (AvgIpc) is 3.22. The molecule has 1 aliphatic rings. The fourth-order valence-electron chi connectivity index (χ4n) is 3.47. The molecule has 1 aliphatic heterocycles. The van der Waals surface area contributed by atoms with E-state index in [2.05, 4.69) is 16.5 Å². The molecule has 1 saturated heterocycles. The van der Waals surface area contributed by atoms with Gasteiger partial charge in [0.15, 0.2) is 12.4 Å². The molecule has 0 unspecified atom stereocenters. The summed E-state index contributed by atoms with van der Waals surface area (Å²) in [6.45, 7) is 1.60. The summed E-state index contributed by atoms with van der Waals surface area (Å²) in [5.74, 6) is -2.28. The Bertz CT molecular complexity index is 1060. The smallest absolute Gasteiger partial charge is 0.410 e. The third-order valence-electron chi connectivity index (χ3n) is 5.06. The van der Waals surface area contributed by atoms with E-state index >= 15 is 0 Å². The third-order valence-corrected chi connectivity index (χ3v) is 5.06. The number of aromatic nitrogens is 2. The number of benzene rings is 1. The monoisotopic (exact) mass is 458 g/mol. The van der Waals surface area contributed by atoms with Gasteiger partial charge in [0.1, 0.15) is 11.4 Å². The number of esters is 1. The van der Waals surface area contributed by atoms with Crippen LogP contribution in [0.25, 0.3) is 0 Å². The number of amides is 2. The van der Waals surface area contributed by atoms with Crippen LogP contribution < -0.4 is 11.1 Å². The standard InChI is InChI=1S/C21H23FN6O5/c1-2-32-18(29)12-33-21(31)27-8-7-17(13(9-23)10-27)28-11-16(19(24)30)20(26-28)25-15-5-3-14(22)4-6-15/h3-6,11,13,17H,2,7-8,10,12H2,1H3,(H2,24,30)(H,25,26)/t13-,17+/m0/s1. The van der Waals surface area contributed by atoms with Crippen LogP contribution >= 0.6 is 0 Å². The Balaban J connectivity index is 1.72. The van der Waals surface area contributed by atoms with Gasteiger partial charge in [0.05, 0.1) is 24.6 Å². The number of hydrogen-bond donors (Lipinski definition) is 2. The van der Waals surface area contributed by atoms with Crippen molar-refractivity contribution in [2.75, 3.05) is 31.6 Å². The number of primary amides is 1. The van der Waals surface area contributed by atoms with E-state index < -0.39 is 42.4 Å². The molecule has 2 atom stereocenters. The molecule has 0 aliphatic carbocycles. The Kier molecular flexibility index (Phi) is 7.45. The Morgan fingerprint density at radius 1 is 1.30 bits per heavy atom. The molecule has 0 bridgehead atoms. The van der Waals surface area contributed by atoms with Crippen LogP contribution in [-0.4, -0.2) is 59.0 Å². The van der Waals surface area contributed by atoms with Gasteiger partial charge in [0.2, 0.25) is 0 Å². The predicted octanol–water partition coefficient (Wildman–Crippen LogP) is 1.95. The highest BCUT2D eigenvalue weighted by Crippen LogP contribution is 2.30. The van der Waals surface area contributed by atoms with Crippen molar-refractivity contribution in [3.05, 3.63) is 41.8 Å². The second-order valence-electron chi connectivity index (χ2n) is 7.26. The molecular formula is C21H23FN6O5. The normalized spacial score (nSPS) is 17.7. The zero-order chi connectivity index (χ0) is 24.0. The van der Waals surface area contributed by atoms with E-state index in [0.717, 1.165) is 0 Å². The van der Waals surface area contributed by atoms with E-state index in [1.165, 1.54) is 40.0 Å². The molecule has 1 fully saturated rings. The summed E-state index contributed by atoms with van der Waals surface area (Å²) in [6, 6.07) is 7.20. The second-order valence-corrected chi connectivity index (χ2v) is 7.26. The lowest BCUT2D eigenvalue weighted by atomic mass is 9.94. The van der Waals surface area contributed by atoms with Crippen LogP contribution in [0.15, 0.2) is 30.5 Å². The number of piperidine rings is 1. The lowest BCUT2D eigenvalue weighted by molar-refractivity contribution is -0.146. The first kappa shape index (κ1) is 23.5. The number of nitrogens with two attached hydrogens (primary N) is 1. The number of ether oxygens (including phenoxy) is 2. The Morgan fingerprint density at radius 2 is 2.03 bits per heavy atom. The van der Waals surface area contributed by atoms with Gasteiger partial charge in [-0.1, -0.05) is 0 Å². The minimum absolute atomic E-state index is 0.0509. The van der Waals surface area contributed by atoms with E-state index in [1.807, 2.05) is 0 Å². The number of nitriles is 1. The lowest BCUT2D eigenvalue weighted by Gasteiger charge is -2.34. The molecule has 174 valence electrons. The quantitative estimate of drug-likeness (QED) is 0.597. The van der Waals surface area contributed by atoms with E-state index in [0.29, 0.717) is 12.1 Å². The van der Waals surface area contributed by atoms with Gasteiger partial charge in [-0.05, 0) is 37.6 Å². The van der Waals surface area contributed by atoms with Crippen molar-refractivity contribution in [2.45, 2.75) is 19.4 Å². The molecule has 11 nitrogen and oxygen atoms in total. The molecule has 0 saturated carbocycles. The molecule has 3 rings (SSSR count). The highest BCUT2D eigenvalue weighted by molar-refractivity contribution is 5.98. The van der Waals surface area contributed by atoms with Crippen molar-refractivity contribution in [2.24, 2.45) is 11.7 Å². The Labute approximate surface area is 188 Å². The van der Waals surface area contributed by atoms with Crippen LogP contribution in [0.4, 0.5) is 20.7 Å². The number of carbonyl (C=O) groups excluding carboxylic acids is 3. The summed E-state index contributed by atoms with van der Waals surface area (Å²) < 4.78 is 24.3. The minimum Gasteiger partial charge on any atom is -0.463 e. The first-order valence-corrected chi connectivity index (χ1v) is 10.2. The fraction of sp³-hybridized carbons (Fsp3) is 0.381. The summed E-state index contributed by atoms with van der Waals surface area (Å²) in [6.07, 6.45) is 1.07. The van der Waals surface area contributed by atoms with Gasteiger partial charge < -0.3 is 25.4 Å². The summed E-state index contributed by atoms with van der Waals surface area (Å²) in [4.78, 5) is 36.9. The summed E-state index contributed by atoms with van der Waals surface area (Å²) in [5, 5.41) is 17.0. The molecule has 2 aromatic rings. The number of anilines is 2.